The topological polar surface area (TPSA) is 40.5 Å². The molecule has 0 spiro atoms. The van der Waals surface area contributed by atoms with Gasteiger partial charge in [0.25, 0.3) is 0 Å². The van der Waals surface area contributed by atoms with Crippen LogP contribution < -0.4 is 0 Å². The monoisotopic (exact) mass is 339 g/mol. The second-order valence-electron chi connectivity index (χ2n) is 7.29. The van der Waals surface area contributed by atoms with Crippen LogP contribution in [0.15, 0.2) is 60.7 Å². The molecule has 1 N–H and O–H groups in total. The van der Waals surface area contributed by atoms with Gasteiger partial charge < -0.3 is 10.0 Å². The van der Waals surface area contributed by atoms with E-state index in [1.807, 2.05) is 57.4 Å². The maximum atomic E-state index is 12.1. The van der Waals surface area contributed by atoms with Crippen molar-refractivity contribution in [3.63, 3.8) is 0 Å². The van der Waals surface area contributed by atoms with Gasteiger partial charge in [0.05, 0.1) is 5.92 Å². The number of rotatable bonds is 8. The highest BCUT2D eigenvalue weighted by molar-refractivity contribution is 5.72. The summed E-state index contributed by atoms with van der Waals surface area (Å²) in [5, 5.41) is 9.93. The first kappa shape index (κ1) is 19.2. The van der Waals surface area contributed by atoms with Gasteiger partial charge in [0.1, 0.15) is 0 Å². The van der Waals surface area contributed by atoms with Crippen LogP contribution in [0.3, 0.4) is 0 Å². The average molecular weight is 339 g/mol. The molecule has 2 aromatic carbocycles. The van der Waals surface area contributed by atoms with Gasteiger partial charge in [-0.15, -0.1) is 0 Å². The maximum Gasteiger partial charge on any atom is 0.307 e. The largest absolute Gasteiger partial charge is 0.481 e. The molecule has 0 bridgehead atoms. The fourth-order valence-corrected chi connectivity index (χ4v) is 4.00. The van der Waals surface area contributed by atoms with Crippen LogP contribution in [0.2, 0.25) is 0 Å². The minimum absolute atomic E-state index is 0.177. The van der Waals surface area contributed by atoms with Gasteiger partial charge in [-0.25, -0.2) is 0 Å². The predicted octanol–water partition coefficient (Wildman–Crippen LogP) is 4.09. The SMILES string of the molecule is CC(C(=O)O)[C@@](Cc1ccccc1)(c1ccccc1)[C@@H](C)CN(C)C. The predicted molar refractivity (Wildman–Crippen MR) is 103 cm³/mol. The normalized spacial score (nSPS) is 16.2. The number of carbonyl (C=O) groups is 1. The van der Waals surface area contributed by atoms with Crippen molar-refractivity contribution in [3.05, 3.63) is 71.8 Å². The lowest BCUT2D eigenvalue weighted by atomic mass is 9.60. The molecule has 3 atom stereocenters. The van der Waals surface area contributed by atoms with Gasteiger partial charge in [0.2, 0.25) is 0 Å². The number of nitrogens with zero attached hydrogens (tertiary/aromatic N) is 1. The van der Waals surface area contributed by atoms with E-state index in [2.05, 4.69) is 36.1 Å². The van der Waals surface area contributed by atoms with Gasteiger partial charge in [0.15, 0.2) is 0 Å². The summed E-state index contributed by atoms with van der Waals surface area (Å²) in [6.07, 6.45) is 0.709. The number of aliphatic carboxylic acids is 1. The van der Waals surface area contributed by atoms with Crippen LogP contribution in [0, 0.1) is 11.8 Å². The van der Waals surface area contributed by atoms with Crippen LogP contribution in [-0.2, 0) is 16.6 Å². The summed E-state index contributed by atoms with van der Waals surface area (Å²) in [5.74, 6) is -1.06. The van der Waals surface area contributed by atoms with E-state index < -0.39 is 17.3 Å². The van der Waals surface area contributed by atoms with Crippen molar-refractivity contribution in [3.8, 4) is 0 Å². The Morgan fingerprint density at radius 3 is 2.00 bits per heavy atom. The number of carboxylic acids is 1. The van der Waals surface area contributed by atoms with E-state index in [0.29, 0.717) is 6.42 Å². The smallest absolute Gasteiger partial charge is 0.307 e. The molecule has 0 aliphatic heterocycles. The van der Waals surface area contributed by atoms with Crippen LogP contribution in [0.4, 0.5) is 0 Å². The molecular weight excluding hydrogens is 310 g/mol. The van der Waals surface area contributed by atoms with Crippen LogP contribution in [-0.4, -0.2) is 36.6 Å². The summed E-state index contributed by atoms with van der Waals surface area (Å²) in [6.45, 7) is 4.86. The molecule has 0 saturated carbocycles. The van der Waals surface area contributed by atoms with Gasteiger partial charge in [0, 0.05) is 12.0 Å². The molecule has 2 aromatic rings. The molecule has 0 aromatic heterocycles. The minimum atomic E-state index is -0.745. The van der Waals surface area contributed by atoms with Crippen molar-refractivity contribution in [2.45, 2.75) is 25.7 Å². The molecule has 0 aliphatic rings. The van der Waals surface area contributed by atoms with Crippen molar-refractivity contribution < 1.29 is 9.90 Å². The molecule has 0 saturated heterocycles. The third kappa shape index (κ3) is 4.29. The van der Waals surface area contributed by atoms with Crippen LogP contribution in [0.1, 0.15) is 25.0 Å². The molecule has 1 unspecified atom stereocenters. The number of hydrogen-bond acceptors (Lipinski definition) is 2. The molecule has 0 heterocycles. The van der Waals surface area contributed by atoms with E-state index >= 15 is 0 Å². The van der Waals surface area contributed by atoms with Gasteiger partial charge in [-0.1, -0.05) is 74.5 Å². The highest BCUT2D eigenvalue weighted by Gasteiger charge is 2.46. The third-order valence-corrected chi connectivity index (χ3v) is 5.31. The van der Waals surface area contributed by atoms with Gasteiger partial charge in [-0.05, 0) is 37.6 Å². The lowest BCUT2D eigenvalue weighted by molar-refractivity contribution is -0.144. The van der Waals surface area contributed by atoms with Crippen molar-refractivity contribution in [1.82, 2.24) is 4.90 Å². The molecule has 3 heteroatoms. The molecule has 0 amide bonds. The summed E-state index contributed by atoms with van der Waals surface area (Å²) in [5.41, 5.74) is 1.80. The standard InChI is InChI=1S/C22H29NO2/c1-17(16-23(3)4)22(18(2)21(24)25,20-13-9-6-10-14-20)15-19-11-7-5-8-12-19/h5-14,17-18H,15-16H2,1-4H3,(H,24,25)/t17-,18?,22-/m0/s1. The average Bonchev–Trinajstić information content (AvgIpc) is 2.60. The van der Waals surface area contributed by atoms with Crippen molar-refractivity contribution in [1.29, 1.82) is 0 Å². The molecule has 25 heavy (non-hydrogen) atoms. The number of carboxylic acid groups (broad SMARTS) is 1. The zero-order valence-electron chi connectivity index (χ0n) is 15.6. The van der Waals surface area contributed by atoms with Crippen molar-refractivity contribution in [2.75, 3.05) is 20.6 Å². The second kappa shape index (κ2) is 8.30. The molecule has 3 nitrogen and oxygen atoms in total. The van der Waals surface area contributed by atoms with Crippen molar-refractivity contribution >= 4 is 5.97 Å². The van der Waals surface area contributed by atoms with Crippen LogP contribution in [0.25, 0.3) is 0 Å². The van der Waals surface area contributed by atoms with E-state index in [9.17, 15) is 9.90 Å². The first-order valence-corrected chi connectivity index (χ1v) is 8.85. The van der Waals surface area contributed by atoms with E-state index in [1.54, 1.807) is 0 Å². The first-order valence-electron chi connectivity index (χ1n) is 8.85. The molecule has 0 fully saturated rings. The zero-order valence-corrected chi connectivity index (χ0v) is 15.6. The Kier molecular flexibility index (Phi) is 6.38. The van der Waals surface area contributed by atoms with Gasteiger partial charge in [-0.3, -0.25) is 4.79 Å². The zero-order chi connectivity index (χ0) is 18.4. The Morgan fingerprint density at radius 2 is 1.52 bits per heavy atom. The highest BCUT2D eigenvalue weighted by atomic mass is 16.4. The molecule has 2 rings (SSSR count). The van der Waals surface area contributed by atoms with E-state index in [0.717, 1.165) is 12.1 Å². The van der Waals surface area contributed by atoms with Crippen LogP contribution in [0.5, 0.6) is 0 Å². The lowest BCUT2D eigenvalue weighted by Crippen LogP contribution is -2.48. The summed E-state index contributed by atoms with van der Waals surface area (Å²) >= 11 is 0. The minimum Gasteiger partial charge on any atom is -0.481 e. The number of hydrogen-bond donors (Lipinski definition) is 1. The molecule has 0 radical (unpaired) electrons. The Balaban J connectivity index is 2.61. The fourth-order valence-electron chi connectivity index (χ4n) is 4.00. The van der Waals surface area contributed by atoms with Crippen molar-refractivity contribution in [2.24, 2.45) is 11.8 Å². The van der Waals surface area contributed by atoms with Crippen LogP contribution >= 0.6 is 0 Å². The first-order chi connectivity index (χ1) is 11.9. The maximum absolute atomic E-state index is 12.1. The molecular formula is C22H29NO2. The second-order valence-corrected chi connectivity index (χ2v) is 7.29. The highest BCUT2D eigenvalue weighted by Crippen LogP contribution is 2.43. The Hall–Kier alpha value is -2.13. The lowest BCUT2D eigenvalue weighted by Gasteiger charge is -2.44. The van der Waals surface area contributed by atoms with E-state index in [1.165, 1.54) is 5.56 Å². The molecule has 134 valence electrons. The summed E-state index contributed by atoms with van der Waals surface area (Å²) < 4.78 is 0. The number of benzene rings is 2. The Morgan fingerprint density at radius 1 is 1.00 bits per heavy atom. The van der Waals surface area contributed by atoms with E-state index in [4.69, 9.17) is 0 Å². The summed E-state index contributed by atoms with van der Waals surface area (Å²) in [6, 6.07) is 20.4. The fraction of sp³-hybridized carbons (Fsp3) is 0.409. The Labute approximate surface area is 151 Å². The summed E-state index contributed by atoms with van der Waals surface area (Å²) in [4.78, 5) is 14.2. The van der Waals surface area contributed by atoms with E-state index in [-0.39, 0.29) is 5.92 Å². The molecule has 0 aliphatic carbocycles. The third-order valence-electron chi connectivity index (χ3n) is 5.31. The summed E-state index contributed by atoms with van der Waals surface area (Å²) in [7, 11) is 4.08. The Bertz CT molecular complexity index is 669. The van der Waals surface area contributed by atoms with Gasteiger partial charge in [-0.2, -0.15) is 0 Å². The quantitative estimate of drug-likeness (QED) is 0.787. The van der Waals surface area contributed by atoms with Gasteiger partial charge >= 0.3 is 5.97 Å².